The molecule has 0 saturated carbocycles. The Morgan fingerprint density at radius 1 is 1.29 bits per heavy atom. The van der Waals surface area contributed by atoms with Crippen LogP contribution in [0.25, 0.3) is 0 Å². The maximum atomic E-state index is 12.1. The van der Waals surface area contributed by atoms with E-state index in [1.807, 2.05) is 11.8 Å². The van der Waals surface area contributed by atoms with Crippen molar-refractivity contribution in [3.63, 3.8) is 0 Å². The summed E-state index contributed by atoms with van der Waals surface area (Å²) in [5.74, 6) is 0.315. The third-order valence-corrected chi connectivity index (χ3v) is 3.42. The zero-order chi connectivity index (χ0) is 12.3. The number of hydrogen-bond donors (Lipinski definition) is 1. The summed E-state index contributed by atoms with van der Waals surface area (Å²) in [6.45, 7) is 3.63. The number of ketones is 1. The molecule has 1 fully saturated rings. The Labute approximate surface area is 102 Å². The van der Waals surface area contributed by atoms with Crippen LogP contribution < -0.4 is 5.32 Å². The van der Waals surface area contributed by atoms with Crippen molar-refractivity contribution in [1.82, 2.24) is 10.2 Å². The molecule has 1 unspecified atom stereocenters. The van der Waals surface area contributed by atoms with Crippen LogP contribution >= 0.6 is 0 Å². The van der Waals surface area contributed by atoms with Gasteiger partial charge >= 0.3 is 0 Å². The Bertz CT molecular complexity index is 343. The molecule has 2 aliphatic rings. The van der Waals surface area contributed by atoms with Crippen molar-refractivity contribution in [2.24, 2.45) is 0 Å². The SMILES string of the molecule is CC(NC1=CC(=O)CC1)C(=O)N1CCCCC1. The van der Waals surface area contributed by atoms with Gasteiger partial charge in [-0.3, -0.25) is 9.59 Å². The minimum absolute atomic E-state index is 0.157. The summed E-state index contributed by atoms with van der Waals surface area (Å²) >= 11 is 0. The van der Waals surface area contributed by atoms with Crippen LogP contribution in [0.5, 0.6) is 0 Å². The number of nitrogens with zero attached hydrogens (tertiary/aromatic N) is 1. The Balaban J connectivity index is 1.86. The molecule has 17 heavy (non-hydrogen) atoms. The van der Waals surface area contributed by atoms with Crippen molar-refractivity contribution in [2.45, 2.75) is 45.1 Å². The summed E-state index contributed by atoms with van der Waals surface area (Å²) in [6.07, 6.45) is 6.40. The Kier molecular flexibility index (Phi) is 3.82. The van der Waals surface area contributed by atoms with Gasteiger partial charge in [0.15, 0.2) is 5.78 Å². The molecule has 4 heteroatoms. The lowest BCUT2D eigenvalue weighted by Gasteiger charge is -2.29. The number of rotatable bonds is 3. The van der Waals surface area contributed by atoms with E-state index in [0.29, 0.717) is 6.42 Å². The fourth-order valence-electron chi connectivity index (χ4n) is 2.44. The summed E-state index contributed by atoms with van der Waals surface area (Å²) in [4.78, 5) is 25.1. The first-order valence-corrected chi connectivity index (χ1v) is 6.45. The molecule has 1 amide bonds. The van der Waals surface area contributed by atoms with Crippen LogP contribution in [0.1, 0.15) is 39.0 Å². The van der Waals surface area contributed by atoms with E-state index in [0.717, 1.165) is 38.0 Å². The van der Waals surface area contributed by atoms with E-state index in [1.54, 1.807) is 6.08 Å². The van der Waals surface area contributed by atoms with E-state index in [4.69, 9.17) is 0 Å². The highest BCUT2D eigenvalue weighted by atomic mass is 16.2. The van der Waals surface area contributed by atoms with E-state index in [2.05, 4.69) is 5.32 Å². The third kappa shape index (κ3) is 3.08. The summed E-state index contributed by atoms with van der Waals surface area (Å²) in [5, 5.41) is 3.16. The molecule has 0 aromatic rings. The van der Waals surface area contributed by atoms with Gasteiger partial charge in [0.05, 0.1) is 0 Å². The smallest absolute Gasteiger partial charge is 0.244 e. The van der Waals surface area contributed by atoms with Crippen LogP contribution in [0.4, 0.5) is 0 Å². The zero-order valence-corrected chi connectivity index (χ0v) is 10.4. The summed E-state index contributed by atoms with van der Waals surface area (Å²) in [7, 11) is 0. The van der Waals surface area contributed by atoms with Crippen molar-refractivity contribution in [3.05, 3.63) is 11.8 Å². The number of carbonyl (C=O) groups is 2. The number of nitrogens with one attached hydrogen (secondary N) is 1. The van der Waals surface area contributed by atoms with Crippen molar-refractivity contribution < 1.29 is 9.59 Å². The molecule has 1 atom stereocenters. The largest absolute Gasteiger partial charge is 0.377 e. The van der Waals surface area contributed by atoms with E-state index in [-0.39, 0.29) is 17.7 Å². The first-order valence-electron chi connectivity index (χ1n) is 6.45. The predicted molar refractivity (Wildman–Crippen MR) is 65.4 cm³/mol. The topological polar surface area (TPSA) is 49.4 Å². The zero-order valence-electron chi connectivity index (χ0n) is 10.4. The molecule has 2 rings (SSSR count). The second-order valence-electron chi connectivity index (χ2n) is 4.89. The van der Waals surface area contributed by atoms with Gasteiger partial charge in [-0.05, 0) is 32.6 Å². The second kappa shape index (κ2) is 5.34. The Morgan fingerprint density at radius 3 is 2.59 bits per heavy atom. The fourth-order valence-corrected chi connectivity index (χ4v) is 2.44. The highest BCUT2D eigenvalue weighted by molar-refractivity contribution is 5.93. The van der Waals surface area contributed by atoms with Gasteiger partial charge in [-0.25, -0.2) is 0 Å². The first kappa shape index (κ1) is 12.1. The number of carbonyl (C=O) groups excluding carboxylic acids is 2. The van der Waals surface area contributed by atoms with Crippen LogP contribution in [0.2, 0.25) is 0 Å². The van der Waals surface area contributed by atoms with Gasteiger partial charge in [-0.1, -0.05) is 0 Å². The van der Waals surface area contributed by atoms with Gasteiger partial charge in [0.1, 0.15) is 6.04 Å². The minimum atomic E-state index is -0.217. The van der Waals surface area contributed by atoms with Gasteiger partial charge in [0.2, 0.25) is 5.91 Å². The number of amides is 1. The molecule has 0 spiro atoms. The maximum absolute atomic E-state index is 12.1. The molecular weight excluding hydrogens is 216 g/mol. The van der Waals surface area contributed by atoms with Crippen LogP contribution in [0.3, 0.4) is 0 Å². The lowest BCUT2D eigenvalue weighted by atomic mass is 10.1. The monoisotopic (exact) mass is 236 g/mol. The summed E-state index contributed by atoms with van der Waals surface area (Å²) in [5.41, 5.74) is 0.910. The number of likely N-dealkylation sites (tertiary alicyclic amines) is 1. The van der Waals surface area contributed by atoms with Crippen LogP contribution in [-0.2, 0) is 9.59 Å². The van der Waals surface area contributed by atoms with Crippen LogP contribution in [-0.4, -0.2) is 35.7 Å². The van der Waals surface area contributed by atoms with Crippen molar-refractivity contribution >= 4 is 11.7 Å². The standard InChI is InChI=1S/C13H20N2O2/c1-10(14-11-5-6-12(16)9-11)13(17)15-7-3-2-4-8-15/h9-10,14H,2-8H2,1H3. The number of hydrogen-bond acceptors (Lipinski definition) is 3. The molecule has 1 heterocycles. The van der Waals surface area contributed by atoms with Crippen LogP contribution in [0, 0.1) is 0 Å². The normalized spacial score (nSPS) is 22.3. The molecule has 4 nitrogen and oxygen atoms in total. The lowest BCUT2D eigenvalue weighted by molar-refractivity contribution is -0.133. The van der Waals surface area contributed by atoms with Crippen molar-refractivity contribution in [2.75, 3.05) is 13.1 Å². The maximum Gasteiger partial charge on any atom is 0.244 e. The molecule has 0 aromatic heterocycles. The Morgan fingerprint density at radius 2 is 2.00 bits per heavy atom. The molecule has 0 bridgehead atoms. The van der Waals surface area contributed by atoms with Crippen LogP contribution in [0.15, 0.2) is 11.8 Å². The molecule has 0 radical (unpaired) electrons. The highest BCUT2D eigenvalue weighted by Gasteiger charge is 2.23. The number of piperidine rings is 1. The summed E-state index contributed by atoms with van der Waals surface area (Å²) < 4.78 is 0. The van der Waals surface area contributed by atoms with Gasteiger partial charge < -0.3 is 10.2 Å². The average Bonchev–Trinajstić information content (AvgIpc) is 2.75. The summed E-state index contributed by atoms with van der Waals surface area (Å²) in [6, 6.07) is -0.217. The van der Waals surface area contributed by atoms with Gasteiger partial charge in [0.25, 0.3) is 0 Å². The quantitative estimate of drug-likeness (QED) is 0.801. The van der Waals surface area contributed by atoms with E-state index in [1.165, 1.54) is 6.42 Å². The van der Waals surface area contributed by atoms with Gasteiger partial charge in [-0.2, -0.15) is 0 Å². The van der Waals surface area contributed by atoms with Gasteiger partial charge in [-0.15, -0.1) is 0 Å². The highest BCUT2D eigenvalue weighted by Crippen LogP contribution is 2.14. The molecular formula is C13H20N2O2. The first-order chi connectivity index (χ1) is 8.16. The van der Waals surface area contributed by atoms with E-state index in [9.17, 15) is 9.59 Å². The van der Waals surface area contributed by atoms with E-state index < -0.39 is 0 Å². The Hall–Kier alpha value is -1.32. The number of allylic oxidation sites excluding steroid dienone is 2. The minimum Gasteiger partial charge on any atom is -0.377 e. The molecule has 1 N–H and O–H groups in total. The van der Waals surface area contributed by atoms with Crippen molar-refractivity contribution in [1.29, 1.82) is 0 Å². The predicted octanol–water partition coefficient (Wildman–Crippen LogP) is 1.22. The molecule has 1 aliphatic heterocycles. The molecule has 0 aromatic carbocycles. The van der Waals surface area contributed by atoms with Crippen molar-refractivity contribution in [3.8, 4) is 0 Å². The molecule has 1 saturated heterocycles. The fraction of sp³-hybridized carbons (Fsp3) is 0.692. The third-order valence-electron chi connectivity index (χ3n) is 3.42. The van der Waals surface area contributed by atoms with Gasteiger partial charge in [0, 0.05) is 31.3 Å². The van der Waals surface area contributed by atoms with E-state index >= 15 is 0 Å². The average molecular weight is 236 g/mol. The second-order valence-corrected chi connectivity index (χ2v) is 4.89. The molecule has 1 aliphatic carbocycles. The lowest BCUT2D eigenvalue weighted by Crippen LogP contribution is -2.46. The molecule has 94 valence electrons.